The molecule has 6 heterocycles. The van der Waals surface area contributed by atoms with E-state index in [-0.39, 0.29) is 36.2 Å². The zero-order valence-electron chi connectivity index (χ0n) is 37.2. The first-order valence-corrected chi connectivity index (χ1v) is 22.7. The number of nitrogens with two attached hydrogens (primary N) is 1. The quantitative estimate of drug-likeness (QED) is 0.142. The van der Waals surface area contributed by atoms with Crippen molar-refractivity contribution in [1.82, 2.24) is 34.6 Å². The van der Waals surface area contributed by atoms with Gasteiger partial charge in [0.2, 0.25) is 5.95 Å². The van der Waals surface area contributed by atoms with Crippen LogP contribution in [0.15, 0.2) is 102 Å². The summed E-state index contributed by atoms with van der Waals surface area (Å²) in [7, 11) is 3.45. The first-order chi connectivity index (χ1) is 31.1. The number of H-pyrrole nitrogens is 1. The van der Waals surface area contributed by atoms with Gasteiger partial charge in [-0.1, -0.05) is 42.5 Å². The van der Waals surface area contributed by atoms with Crippen LogP contribution in [0.3, 0.4) is 0 Å². The molecule has 2 saturated heterocycles. The number of rotatable bonds is 11. The highest BCUT2D eigenvalue weighted by atomic mass is 16.5. The lowest BCUT2D eigenvalue weighted by Gasteiger charge is -2.49. The molecule has 1 aliphatic carbocycles. The van der Waals surface area contributed by atoms with Crippen LogP contribution in [0.2, 0.25) is 0 Å². The largest absolute Gasteiger partial charge is 0.495 e. The van der Waals surface area contributed by atoms with E-state index < -0.39 is 5.60 Å². The van der Waals surface area contributed by atoms with Gasteiger partial charge in [-0.15, -0.1) is 0 Å². The number of piperidine rings is 1. The highest BCUT2D eigenvalue weighted by Crippen LogP contribution is 2.43. The monoisotopic (exact) mass is 862 g/mol. The molecule has 14 nitrogen and oxygen atoms in total. The Morgan fingerprint density at radius 2 is 1.75 bits per heavy atom. The van der Waals surface area contributed by atoms with Crippen molar-refractivity contribution in [2.24, 2.45) is 12.8 Å². The van der Waals surface area contributed by atoms with E-state index in [4.69, 9.17) is 25.2 Å². The molecule has 0 bridgehead atoms. The lowest BCUT2D eigenvalue weighted by molar-refractivity contribution is -0.0258. The molecular weight excluding hydrogens is 805 g/mol. The summed E-state index contributed by atoms with van der Waals surface area (Å²) in [6, 6.07) is 24.8. The lowest BCUT2D eigenvalue weighted by Crippen LogP contribution is -2.61. The molecule has 14 heteroatoms. The van der Waals surface area contributed by atoms with E-state index in [1.807, 2.05) is 66.0 Å². The third kappa shape index (κ3) is 7.61. The van der Waals surface area contributed by atoms with Gasteiger partial charge in [-0.05, 0) is 87.1 Å². The van der Waals surface area contributed by atoms with Crippen molar-refractivity contribution in [3.05, 3.63) is 125 Å². The minimum absolute atomic E-state index is 0.0445. The molecule has 4 N–H and O–H groups in total. The third-order valence-corrected chi connectivity index (χ3v) is 13.8. The second-order valence-electron chi connectivity index (χ2n) is 18.0. The number of ether oxygens (including phenoxy) is 2. The third-order valence-electron chi connectivity index (χ3n) is 13.8. The van der Waals surface area contributed by atoms with Crippen LogP contribution in [0.25, 0.3) is 32.9 Å². The molecule has 64 heavy (non-hydrogen) atoms. The Morgan fingerprint density at radius 1 is 0.938 bits per heavy atom. The Labute approximate surface area is 373 Å². The van der Waals surface area contributed by atoms with E-state index in [2.05, 4.69) is 75.3 Å². The van der Waals surface area contributed by atoms with E-state index in [1.54, 1.807) is 18.7 Å². The van der Waals surface area contributed by atoms with Crippen LogP contribution in [-0.2, 0) is 17.4 Å². The minimum atomic E-state index is -1.01. The molecule has 3 aliphatic heterocycles. The molecule has 3 atom stereocenters. The number of aromatic amines is 1. The topological polar surface area (TPSA) is 150 Å². The fourth-order valence-corrected chi connectivity index (χ4v) is 10.2. The first kappa shape index (κ1) is 41.9. The highest BCUT2D eigenvalue weighted by Gasteiger charge is 2.44. The Balaban J connectivity index is 0.926. The summed E-state index contributed by atoms with van der Waals surface area (Å²) in [4.78, 5) is 50.1. The van der Waals surface area contributed by atoms with Gasteiger partial charge in [0, 0.05) is 105 Å². The molecule has 0 spiro atoms. The number of pyridine rings is 1. The summed E-state index contributed by atoms with van der Waals surface area (Å²) >= 11 is 0. The van der Waals surface area contributed by atoms with Crippen LogP contribution < -0.4 is 31.1 Å². The predicted molar refractivity (Wildman–Crippen MR) is 252 cm³/mol. The summed E-state index contributed by atoms with van der Waals surface area (Å²) < 4.78 is 14.3. The van der Waals surface area contributed by atoms with E-state index in [0.29, 0.717) is 36.3 Å². The number of aryl methyl sites for hydroxylation is 1. The number of anilines is 2. The summed E-state index contributed by atoms with van der Waals surface area (Å²) in [6.45, 7) is 9.12. The number of piperazine rings is 1. The SMILES string of the molecule is COc1ccc(C(=O)N2C[C@H](C)N(C3CCN(c4nc([C@@](CN)(OC5CC5)c5ccccc5)c5cc(-c6cn(C)c(=O)c7[nH]ccc67)ccc5n4)CC3)C[C@H]2C)cc1N1C=CCNC1. The van der Waals surface area contributed by atoms with E-state index in [0.717, 1.165) is 102 Å². The number of aromatic nitrogens is 4. The predicted octanol–water partition coefficient (Wildman–Crippen LogP) is 5.95. The summed E-state index contributed by atoms with van der Waals surface area (Å²) in [5.74, 6) is 1.45. The van der Waals surface area contributed by atoms with Crippen LogP contribution in [0.4, 0.5) is 11.6 Å². The zero-order chi connectivity index (χ0) is 44.1. The number of fused-ring (bicyclic) bond motifs is 2. The summed E-state index contributed by atoms with van der Waals surface area (Å²) in [5, 5.41) is 5.08. The lowest BCUT2D eigenvalue weighted by atomic mass is 9.86. The van der Waals surface area contributed by atoms with Gasteiger partial charge in [0.05, 0.1) is 36.8 Å². The summed E-state index contributed by atoms with van der Waals surface area (Å²) in [6.07, 6.45) is 11.7. The Hall–Kier alpha value is -6.06. The number of benzene rings is 3. The van der Waals surface area contributed by atoms with Gasteiger partial charge in [0.25, 0.3) is 11.5 Å². The zero-order valence-corrected chi connectivity index (χ0v) is 37.2. The molecule has 4 aliphatic rings. The second kappa shape index (κ2) is 17.1. The first-order valence-electron chi connectivity index (χ1n) is 22.7. The van der Waals surface area contributed by atoms with E-state index in [1.165, 1.54) is 0 Å². The highest BCUT2D eigenvalue weighted by molar-refractivity contribution is 5.98. The maximum Gasteiger partial charge on any atom is 0.274 e. The number of carbonyl (C=O) groups excluding carboxylic acids is 1. The van der Waals surface area contributed by atoms with Crippen molar-refractivity contribution in [3.63, 3.8) is 0 Å². The van der Waals surface area contributed by atoms with E-state index in [9.17, 15) is 9.59 Å². The molecule has 3 fully saturated rings. The van der Waals surface area contributed by atoms with Crippen LogP contribution >= 0.6 is 0 Å². The van der Waals surface area contributed by atoms with Crippen LogP contribution in [0, 0.1) is 0 Å². The van der Waals surface area contributed by atoms with Gasteiger partial charge < -0.3 is 39.5 Å². The van der Waals surface area contributed by atoms with Gasteiger partial charge in [-0.3, -0.25) is 19.8 Å². The molecule has 0 radical (unpaired) electrons. The Kier molecular flexibility index (Phi) is 11.2. The smallest absolute Gasteiger partial charge is 0.274 e. The van der Waals surface area contributed by atoms with Crippen LogP contribution in [0.1, 0.15) is 61.1 Å². The molecule has 1 saturated carbocycles. The number of hydrogen-bond donors (Lipinski definition) is 3. The molecule has 1 amide bonds. The minimum Gasteiger partial charge on any atom is -0.495 e. The average molecular weight is 863 g/mol. The van der Waals surface area contributed by atoms with Crippen LogP contribution in [-0.4, -0.2) is 113 Å². The maximum atomic E-state index is 14.2. The molecular formula is C50H58N10O4. The number of hydrogen-bond acceptors (Lipinski definition) is 11. The fourth-order valence-electron chi connectivity index (χ4n) is 10.2. The van der Waals surface area contributed by atoms with Gasteiger partial charge in [-0.25, -0.2) is 9.97 Å². The van der Waals surface area contributed by atoms with Gasteiger partial charge >= 0.3 is 0 Å². The van der Waals surface area contributed by atoms with Crippen molar-refractivity contribution in [1.29, 1.82) is 0 Å². The average Bonchev–Trinajstić information content (AvgIpc) is 4.02. The standard InChI is InChI=1S/C50H58N10O4/c1-32-28-60(47(61)35-12-16-44(63-4)43(26-35)58-22-8-20-52-31-58)33(2)27-59(32)37-18-23-57(24-19-37)49-54-42-15-11-34(41-29-56(3)48(62)45-39(41)17-21-53-45)25-40(42)46(55-49)50(30-51,64-38-13-14-38)36-9-6-5-7-10-36/h5-12,15-17,21-22,25-26,29,32-33,37-38,52-53H,13-14,18-20,23-24,27-28,30-31,51H2,1-4H3/t32-,33+,50-/m0/s1. The van der Waals surface area contributed by atoms with Gasteiger partial charge in [0.15, 0.2) is 0 Å². The van der Waals surface area contributed by atoms with Crippen molar-refractivity contribution < 1.29 is 14.3 Å². The number of methoxy groups -OCH3 is 1. The number of nitrogens with zero attached hydrogens (tertiary/aromatic N) is 7. The molecule has 3 aromatic carbocycles. The van der Waals surface area contributed by atoms with Crippen molar-refractivity contribution in [2.75, 3.05) is 62.8 Å². The molecule has 10 rings (SSSR count). The van der Waals surface area contributed by atoms with Crippen molar-refractivity contribution in [3.8, 4) is 16.9 Å². The van der Waals surface area contributed by atoms with Crippen LogP contribution in [0.5, 0.6) is 5.75 Å². The Morgan fingerprint density at radius 3 is 2.48 bits per heavy atom. The second-order valence-corrected chi connectivity index (χ2v) is 18.0. The van der Waals surface area contributed by atoms with Crippen molar-refractivity contribution in [2.45, 2.75) is 69.4 Å². The number of nitrogens with one attached hydrogen (secondary N) is 2. The molecule has 6 aromatic rings. The van der Waals surface area contributed by atoms with Gasteiger partial charge in [0.1, 0.15) is 16.9 Å². The molecule has 3 aromatic heterocycles. The normalized spacial score (nSPS) is 20.9. The molecule has 0 unspecified atom stereocenters. The number of amides is 1. The van der Waals surface area contributed by atoms with E-state index >= 15 is 0 Å². The van der Waals surface area contributed by atoms with Gasteiger partial charge in [-0.2, -0.15) is 0 Å². The maximum absolute atomic E-state index is 14.2. The summed E-state index contributed by atoms with van der Waals surface area (Å²) in [5.41, 5.74) is 12.3. The Bertz CT molecular complexity index is 2780. The number of carbonyl (C=O) groups is 1. The molecule has 332 valence electrons. The fraction of sp³-hybridized carbons (Fsp3) is 0.400. The van der Waals surface area contributed by atoms with Crippen molar-refractivity contribution >= 4 is 39.3 Å².